The van der Waals surface area contributed by atoms with E-state index >= 15 is 0 Å². The summed E-state index contributed by atoms with van der Waals surface area (Å²) in [6.45, 7) is 0. The standard InChI is InChI=1S/C9H4F3N3O3/c10-9(11,12)6-1-4(8(14)16)2-7(15(17)18)5(6)3-13/h1-2H,(H2,14,16). The van der Waals surface area contributed by atoms with E-state index in [0.717, 1.165) is 6.07 Å². The summed E-state index contributed by atoms with van der Waals surface area (Å²) in [5.74, 6) is -1.26. The van der Waals surface area contributed by atoms with Crippen LogP contribution in [-0.4, -0.2) is 10.8 Å². The maximum absolute atomic E-state index is 12.6. The van der Waals surface area contributed by atoms with Crippen molar-refractivity contribution in [2.24, 2.45) is 5.73 Å². The van der Waals surface area contributed by atoms with Crippen LogP contribution in [0.25, 0.3) is 0 Å². The number of hydrogen-bond donors (Lipinski definition) is 1. The Morgan fingerprint density at radius 2 is 2.00 bits per heavy atom. The first-order valence-corrected chi connectivity index (χ1v) is 4.28. The normalized spacial score (nSPS) is 10.8. The minimum Gasteiger partial charge on any atom is -0.366 e. The van der Waals surface area contributed by atoms with Crippen molar-refractivity contribution in [2.75, 3.05) is 0 Å². The molecule has 0 spiro atoms. The monoisotopic (exact) mass is 259 g/mol. The second-order valence-corrected chi connectivity index (χ2v) is 3.15. The summed E-state index contributed by atoms with van der Waals surface area (Å²) in [6.07, 6.45) is -5.00. The molecule has 0 saturated heterocycles. The van der Waals surface area contributed by atoms with Crippen molar-refractivity contribution in [3.05, 3.63) is 38.9 Å². The third-order valence-electron chi connectivity index (χ3n) is 2.02. The number of nitriles is 1. The SMILES string of the molecule is N#Cc1c([N+](=O)[O-])cc(C(N)=O)cc1C(F)(F)F. The zero-order chi connectivity index (χ0) is 14.1. The molecular formula is C9H4F3N3O3. The Kier molecular flexibility index (Phi) is 3.23. The van der Waals surface area contributed by atoms with Crippen LogP contribution in [0.15, 0.2) is 12.1 Å². The van der Waals surface area contributed by atoms with Crippen molar-refractivity contribution in [1.82, 2.24) is 0 Å². The Bertz CT molecular complexity index is 575. The third kappa shape index (κ3) is 2.37. The topological polar surface area (TPSA) is 110 Å². The van der Waals surface area contributed by atoms with Gasteiger partial charge in [-0.25, -0.2) is 0 Å². The number of benzene rings is 1. The molecule has 1 aromatic carbocycles. The molecule has 6 nitrogen and oxygen atoms in total. The Hall–Kier alpha value is -2.63. The molecule has 9 heteroatoms. The van der Waals surface area contributed by atoms with Crippen LogP contribution < -0.4 is 5.73 Å². The molecule has 94 valence electrons. The lowest BCUT2D eigenvalue weighted by Crippen LogP contribution is -2.16. The molecule has 0 heterocycles. The molecule has 0 aliphatic heterocycles. The number of alkyl halides is 3. The fraction of sp³-hybridized carbons (Fsp3) is 0.111. The predicted molar refractivity (Wildman–Crippen MR) is 51.3 cm³/mol. The van der Waals surface area contributed by atoms with E-state index in [1.807, 2.05) is 0 Å². The van der Waals surface area contributed by atoms with E-state index in [1.54, 1.807) is 0 Å². The summed E-state index contributed by atoms with van der Waals surface area (Å²) in [7, 11) is 0. The Balaban J connectivity index is 3.74. The summed E-state index contributed by atoms with van der Waals surface area (Å²) in [6, 6.07) is 1.96. The molecule has 1 amide bonds. The van der Waals surface area contributed by atoms with Crippen LogP contribution in [0.4, 0.5) is 18.9 Å². The van der Waals surface area contributed by atoms with Gasteiger partial charge in [-0.15, -0.1) is 0 Å². The maximum Gasteiger partial charge on any atom is 0.417 e. The summed E-state index contributed by atoms with van der Waals surface area (Å²) in [5, 5.41) is 19.1. The van der Waals surface area contributed by atoms with E-state index in [0.29, 0.717) is 12.1 Å². The second-order valence-electron chi connectivity index (χ2n) is 3.15. The van der Waals surface area contributed by atoms with Gasteiger partial charge in [0.05, 0.1) is 10.5 Å². The lowest BCUT2D eigenvalue weighted by atomic mass is 10.0. The van der Waals surface area contributed by atoms with Crippen molar-refractivity contribution in [1.29, 1.82) is 5.26 Å². The molecule has 0 atom stereocenters. The van der Waals surface area contributed by atoms with Gasteiger partial charge in [0.15, 0.2) is 0 Å². The first kappa shape index (κ1) is 13.4. The van der Waals surface area contributed by atoms with Gasteiger partial charge < -0.3 is 5.73 Å². The van der Waals surface area contributed by atoms with E-state index < -0.39 is 39.4 Å². The zero-order valence-electron chi connectivity index (χ0n) is 8.49. The fourth-order valence-electron chi connectivity index (χ4n) is 1.25. The number of amides is 1. The van der Waals surface area contributed by atoms with E-state index in [4.69, 9.17) is 11.0 Å². The molecule has 0 aromatic heterocycles. The Labute approximate surface area is 97.6 Å². The molecule has 0 unspecified atom stereocenters. The average molecular weight is 259 g/mol. The van der Waals surface area contributed by atoms with E-state index in [2.05, 4.69) is 0 Å². The number of rotatable bonds is 2. The molecule has 0 aliphatic rings. The third-order valence-corrected chi connectivity index (χ3v) is 2.02. The highest BCUT2D eigenvalue weighted by Crippen LogP contribution is 2.36. The highest BCUT2D eigenvalue weighted by atomic mass is 19.4. The quantitative estimate of drug-likeness (QED) is 0.642. The van der Waals surface area contributed by atoms with E-state index in [-0.39, 0.29) is 0 Å². The van der Waals surface area contributed by atoms with Crippen LogP contribution in [-0.2, 0) is 6.18 Å². The van der Waals surface area contributed by atoms with E-state index in [1.165, 1.54) is 0 Å². The number of nitro benzene ring substituents is 1. The van der Waals surface area contributed by atoms with Gasteiger partial charge >= 0.3 is 6.18 Å². The van der Waals surface area contributed by atoms with Gasteiger partial charge in [0.2, 0.25) is 5.91 Å². The predicted octanol–water partition coefficient (Wildman–Crippen LogP) is 1.58. The van der Waals surface area contributed by atoms with Gasteiger partial charge in [-0.2, -0.15) is 18.4 Å². The van der Waals surface area contributed by atoms with Crippen LogP contribution in [0.3, 0.4) is 0 Å². The minimum atomic E-state index is -5.00. The van der Waals surface area contributed by atoms with Crippen LogP contribution in [0.5, 0.6) is 0 Å². The molecule has 0 saturated carbocycles. The molecule has 0 aliphatic carbocycles. The van der Waals surface area contributed by atoms with Crippen molar-refractivity contribution in [3.8, 4) is 6.07 Å². The molecule has 0 radical (unpaired) electrons. The number of halogens is 3. The van der Waals surface area contributed by atoms with Gasteiger partial charge in [0, 0.05) is 11.6 Å². The molecule has 0 bridgehead atoms. The van der Waals surface area contributed by atoms with Crippen LogP contribution in [0.2, 0.25) is 0 Å². The van der Waals surface area contributed by atoms with E-state index in [9.17, 15) is 28.1 Å². The number of carbonyl (C=O) groups is 1. The maximum atomic E-state index is 12.6. The highest BCUT2D eigenvalue weighted by Gasteiger charge is 2.38. The first-order chi connectivity index (χ1) is 8.18. The van der Waals surface area contributed by atoms with Gasteiger partial charge in [0.1, 0.15) is 11.6 Å². The number of primary amides is 1. The number of nitro groups is 1. The fourth-order valence-corrected chi connectivity index (χ4v) is 1.25. The average Bonchev–Trinajstić information content (AvgIpc) is 2.25. The van der Waals surface area contributed by atoms with Crippen molar-refractivity contribution in [3.63, 3.8) is 0 Å². The lowest BCUT2D eigenvalue weighted by molar-refractivity contribution is -0.385. The smallest absolute Gasteiger partial charge is 0.366 e. The summed E-state index contributed by atoms with van der Waals surface area (Å²) < 4.78 is 37.8. The molecule has 18 heavy (non-hydrogen) atoms. The molecule has 0 fully saturated rings. The number of nitrogens with two attached hydrogens (primary N) is 1. The highest BCUT2D eigenvalue weighted by molar-refractivity contribution is 5.94. The zero-order valence-corrected chi connectivity index (χ0v) is 8.49. The van der Waals surface area contributed by atoms with Crippen LogP contribution >= 0.6 is 0 Å². The molecule has 1 aromatic rings. The second kappa shape index (κ2) is 4.33. The molecular weight excluding hydrogens is 255 g/mol. The van der Waals surface area contributed by atoms with Crippen molar-refractivity contribution in [2.45, 2.75) is 6.18 Å². The van der Waals surface area contributed by atoms with Crippen LogP contribution in [0.1, 0.15) is 21.5 Å². The van der Waals surface area contributed by atoms with Gasteiger partial charge in [-0.3, -0.25) is 14.9 Å². The number of carbonyl (C=O) groups excluding carboxylic acids is 1. The van der Waals surface area contributed by atoms with Crippen molar-refractivity contribution < 1.29 is 22.9 Å². The molecule has 1 rings (SSSR count). The van der Waals surface area contributed by atoms with Crippen LogP contribution in [0, 0.1) is 21.4 Å². The summed E-state index contributed by atoms with van der Waals surface area (Å²) in [5.41, 5.74) is 0.260. The number of hydrogen-bond acceptors (Lipinski definition) is 4. The number of nitrogens with zero attached hydrogens (tertiary/aromatic N) is 2. The molecule has 2 N–H and O–H groups in total. The minimum absolute atomic E-state index is 0.313. The Morgan fingerprint density at radius 3 is 2.33 bits per heavy atom. The van der Waals surface area contributed by atoms with Gasteiger partial charge in [-0.1, -0.05) is 0 Å². The van der Waals surface area contributed by atoms with Gasteiger partial charge in [0.25, 0.3) is 5.69 Å². The lowest BCUT2D eigenvalue weighted by Gasteiger charge is -2.09. The van der Waals surface area contributed by atoms with Gasteiger partial charge in [-0.05, 0) is 6.07 Å². The summed E-state index contributed by atoms with van der Waals surface area (Å²) >= 11 is 0. The first-order valence-electron chi connectivity index (χ1n) is 4.28. The Morgan fingerprint density at radius 1 is 1.44 bits per heavy atom. The largest absolute Gasteiger partial charge is 0.417 e. The summed E-state index contributed by atoms with van der Waals surface area (Å²) in [4.78, 5) is 20.2. The van der Waals surface area contributed by atoms with Crippen molar-refractivity contribution >= 4 is 11.6 Å².